The number of ether oxygens (including phenoxy) is 2. The van der Waals surface area contributed by atoms with E-state index in [1.807, 2.05) is 19.3 Å². The van der Waals surface area contributed by atoms with Gasteiger partial charge < -0.3 is 19.7 Å². The quantitative estimate of drug-likeness (QED) is 0.618. The zero-order valence-electron chi connectivity index (χ0n) is 17.7. The van der Waals surface area contributed by atoms with Crippen LogP contribution in [0, 0.1) is 11.7 Å². The van der Waals surface area contributed by atoms with Crippen LogP contribution in [0.1, 0.15) is 10.4 Å². The molecule has 0 aliphatic carbocycles. The number of rotatable bonds is 5. The van der Waals surface area contributed by atoms with Crippen LogP contribution in [0.4, 0.5) is 10.1 Å². The lowest BCUT2D eigenvalue weighted by Crippen LogP contribution is -2.52. The Morgan fingerprint density at radius 3 is 2.88 bits per heavy atom. The number of fused-ring (bicyclic) bond motifs is 1. The predicted octanol–water partition coefficient (Wildman–Crippen LogP) is 3.36. The Hall–Kier alpha value is -3.59. The molecule has 0 radical (unpaired) electrons. The van der Waals surface area contributed by atoms with E-state index in [0.29, 0.717) is 36.2 Å². The van der Waals surface area contributed by atoms with Gasteiger partial charge in [0, 0.05) is 48.9 Å². The fourth-order valence-corrected chi connectivity index (χ4v) is 4.04. The molecule has 5 rings (SSSR count). The summed E-state index contributed by atoms with van der Waals surface area (Å²) in [4.78, 5) is 25.8. The van der Waals surface area contributed by atoms with E-state index in [9.17, 15) is 14.0 Å². The van der Waals surface area contributed by atoms with Crippen LogP contribution in [0.15, 0.2) is 42.6 Å². The van der Waals surface area contributed by atoms with E-state index in [-0.39, 0.29) is 29.7 Å². The third-order valence-corrected chi connectivity index (χ3v) is 5.82. The van der Waals surface area contributed by atoms with Crippen molar-refractivity contribution in [1.29, 1.82) is 0 Å². The van der Waals surface area contributed by atoms with Gasteiger partial charge in [0.15, 0.2) is 6.61 Å². The molecule has 2 amide bonds. The number of aromatic nitrogens is 2. The number of amides is 2. The molecule has 10 heteroatoms. The summed E-state index contributed by atoms with van der Waals surface area (Å²) in [5.41, 5.74) is 1.73. The SMILES string of the molecule is Cn1ccc(-c2cc(Cl)ccc2OCC2CN(C(=O)c3cc4c(cc3F)OCC(=O)N4)C2)n1. The van der Waals surface area contributed by atoms with Gasteiger partial charge in [-0.3, -0.25) is 14.3 Å². The average Bonchev–Trinajstić information content (AvgIpc) is 3.19. The number of carbonyl (C=O) groups excluding carboxylic acids is 2. The summed E-state index contributed by atoms with van der Waals surface area (Å²) in [5.74, 6) is -0.502. The van der Waals surface area contributed by atoms with Crippen molar-refractivity contribution in [2.45, 2.75) is 0 Å². The molecule has 2 aliphatic heterocycles. The van der Waals surface area contributed by atoms with Crippen LogP contribution in [0.5, 0.6) is 11.5 Å². The molecule has 0 atom stereocenters. The molecule has 33 heavy (non-hydrogen) atoms. The Morgan fingerprint density at radius 1 is 1.30 bits per heavy atom. The molecule has 0 bridgehead atoms. The lowest BCUT2D eigenvalue weighted by molar-refractivity contribution is -0.118. The Bertz CT molecular complexity index is 1260. The van der Waals surface area contributed by atoms with Crippen LogP contribution in [0.2, 0.25) is 5.02 Å². The number of nitrogens with zero attached hydrogens (tertiary/aromatic N) is 3. The molecule has 0 unspecified atom stereocenters. The number of halogens is 2. The maximum atomic E-state index is 14.5. The number of likely N-dealkylation sites (tertiary alicyclic amines) is 1. The highest BCUT2D eigenvalue weighted by Crippen LogP contribution is 2.34. The first-order chi connectivity index (χ1) is 15.9. The van der Waals surface area contributed by atoms with Gasteiger partial charge in [0.1, 0.15) is 17.3 Å². The summed E-state index contributed by atoms with van der Waals surface area (Å²) in [7, 11) is 1.83. The number of anilines is 1. The summed E-state index contributed by atoms with van der Waals surface area (Å²) in [6, 6.07) is 9.68. The van der Waals surface area contributed by atoms with Crippen LogP contribution in [-0.2, 0) is 11.8 Å². The normalized spacial score (nSPS) is 15.4. The van der Waals surface area contributed by atoms with Gasteiger partial charge in [-0.2, -0.15) is 5.10 Å². The number of hydrogen-bond donors (Lipinski definition) is 1. The van der Waals surface area contributed by atoms with E-state index in [4.69, 9.17) is 21.1 Å². The number of carbonyl (C=O) groups is 2. The van der Waals surface area contributed by atoms with Gasteiger partial charge in [0.25, 0.3) is 11.8 Å². The first kappa shape index (κ1) is 21.3. The molecule has 3 aromatic rings. The molecule has 2 aliphatic rings. The highest BCUT2D eigenvalue weighted by atomic mass is 35.5. The molecule has 170 valence electrons. The molecule has 1 N–H and O–H groups in total. The number of nitrogens with one attached hydrogen (secondary N) is 1. The summed E-state index contributed by atoms with van der Waals surface area (Å²) in [6.45, 7) is 1.08. The summed E-state index contributed by atoms with van der Waals surface area (Å²) in [6.07, 6.45) is 1.84. The first-order valence-electron chi connectivity index (χ1n) is 10.3. The smallest absolute Gasteiger partial charge is 0.262 e. The maximum absolute atomic E-state index is 14.5. The molecule has 0 spiro atoms. The van der Waals surface area contributed by atoms with Gasteiger partial charge >= 0.3 is 0 Å². The Morgan fingerprint density at radius 2 is 2.12 bits per heavy atom. The minimum Gasteiger partial charge on any atom is -0.492 e. The second kappa shape index (κ2) is 8.40. The van der Waals surface area contributed by atoms with Gasteiger partial charge in [0.05, 0.1) is 23.6 Å². The molecule has 1 fully saturated rings. The predicted molar refractivity (Wildman–Crippen MR) is 119 cm³/mol. The zero-order valence-corrected chi connectivity index (χ0v) is 18.4. The Kier molecular flexibility index (Phi) is 5.41. The number of benzene rings is 2. The van der Waals surface area contributed by atoms with Crippen molar-refractivity contribution in [3.05, 3.63) is 59.0 Å². The highest BCUT2D eigenvalue weighted by Gasteiger charge is 2.34. The van der Waals surface area contributed by atoms with Crippen molar-refractivity contribution in [3.63, 3.8) is 0 Å². The third kappa shape index (κ3) is 4.23. The minimum absolute atomic E-state index is 0.102. The van der Waals surface area contributed by atoms with Gasteiger partial charge in [-0.1, -0.05) is 11.6 Å². The summed E-state index contributed by atoms with van der Waals surface area (Å²) >= 11 is 6.16. The molecular formula is C23H20ClFN4O4. The fraction of sp³-hybridized carbons (Fsp3) is 0.261. The van der Waals surface area contributed by atoms with Gasteiger partial charge in [-0.15, -0.1) is 0 Å². The first-order valence-corrected chi connectivity index (χ1v) is 10.7. The Balaban J connectivity index is 1.22. The van der Waals surface area contributed by atoms with Crippen LogP contribution in [0.25, 0.3) is 11.3 Å². The maximum Gasteiger partial charge on any atom is 0.262 e. The van der Waals surface area contributed by atoms with Crippen molar-refractivity contribution < 1.29 is 23.5 Å². The molecule has 0 saturated carbocycles. The van der Waals surface area contributed by atoms with E-state index in [0.717, 1.165) is 17.3 Å². The van der Waals surface area contributed by atoms with Crippen LogP contribution < -0.4 is 14.8 Å². The fourth-order valence-electron chi connectivity index (χ4n) is 3.87. The molecular weight excluding hydrogens is 451 g/mol. The second-order valence-corrected chi connectivity index (χ2v) is 8.50. The average molecular weight is 471 g/mol. The monoisotopic (exact) mass is 470 g/mol. The minimum atomic E-state index is -0.684. The van der Waals surface area contributed by atoms with E-state index in [2.05, 4.69) is 10.4 Å². The Labute approximate surface area is 193 Å². The van der Waals surface area contributed by atoms with Gasteiger partial charge in [-0.05, 0) is 30.3 Å². The van der Waals surface area contributed by atoms with Crippen LogP contribution in [-0.4, -0.2) is 52.8 Å². The van der Waals surface area contributed by atoms with E-state index >= 15 is 0 Å². The highest BCUT2D eigenvalue weighted by molar-refractivity contribution is 6.31. The molecule has 3 heterocycles. The standard InChI is InChI=1S/C23H20ClFN4O4/c1-28-5-4-18(27-28)16-6-14(24)2-3-20(16)32-11-13-9-29(10-13)23(31)15-7-19-21(8-17(15)25)33-12-22(30)26-19/h2-8,13H,9-12H2,1H3,(H,26,30). The topological polar surface area (TPSA) is 85.7 Å². The van der Waals surface area contributed by atoms with Gasteiger partial charge in [-0.25, -0.2) is 4.39 Å². The molecule has 2 aromatic carbocycles. The summed E-state index contributed by atoms with van der Waals surface area (Å²) in [5, 5.41) is 7.58. The van der Waals surface area contributed by atoms with Crippen molar-refractivity contribution in [2.24, 2.45) is 13.0 Å². The van der Waals surface area contributed by atoms with E-state index < -0.39 is 11.7 Å². The van der Waals surface area contributed by atoms with Crippen molar-refractivity contribution in [2.75, 3.05) is 31.6 Å². The largest absolute Gasteiger partial charge is 0.492 e. The van der Waals surface area contributed by atoms with Crippen LogP contribution >= 0.6 is 11.6 Å². The third-order valence-electron chi connectivity index (χ3n) is 5.58. The zero-order chi connectivity index (χ0) is 23.1. The van der Waals surface area contributed by atoms with Gasteiger partial charge in [0.2, 0.25) is 0 Å². The molecule has 8 nitrogen and oxygen atoms in total. The second-order valence-electron chi connectivity index (χ2n) is 8.07. The molecule has 1 saturated heterocycles. The number of hydrogen-bond acceptors (Lipinski definition) is 5. The van der Waals surface area contributed by atoms with Crippen molar-refractivity contribution >= 4 is 29.1 Å². The number of aryl methyl sites for hydroxylation is 1. The van der Waals surface area contributed by atoms with E-state index in [1.165, 1.54) is 6.07 Å². The van der Waals surface area contributed by atoms with Crippen LogP contribution in [0.3, 0.4) is 0 Å². The summed E-state index contributed by atoms with van der Waals surface area (Å²) < 4.78 is 27.4. The van der Waals surface area contributed by atoms with Crippen molar-refractivity contribution in [1.82, 2.24) is 14.7 Å². The lowest BCUT2D eigenvalue weighted by Gasteiger charge is -2.39. The van der Waals surface area contributed by atoms with Crippen molar-refractivity contribution in [3.8, 4) is 22.8 Å². The molecule has 1 aromatic heterocycles. The lowest BCUT2D eigenvalue weighted by atomic mass is 9.99. The van der Waals surface area contributed by atoms with E-state index in [1.54, 1.807) is 27.8 Å².